The molecule has 0 saturated carbocycles. The van der Waals surface area contributed by atoms with Gasteiger partial charge in [-0.15, -0.1) is 0 Å². The molecule has 1 heterocycles. The van der Waals surface area contributed by atoms with Gasteiger partial charge in [0.25, 0.3) is 15.9 Å². The number of rotatable bonds is 7. The third-order valence-electron chi connectivity index (χ3n) is 5.93. The van der Waals surface area contributed by atoms with Crippen LogP contribution < -0.4 is 10.0 Å². The van der Waals surface area contributed by atoms with Crippen LogP contribution in [0.2, 0.25) is 0 Å². The predicted molar refractivity (Wildman–Crippen MR) is 125 cm³/mol. The van der Waals surface area contributed by atoms with Gasteiger partial charge in [0.05, 0.1) is 4.90 Å². The SMILES string of the molecule is Cc1ccc(C)c(S(=O)(=O)Nc2ccc(C(=O)NCC(C)(C)N3CCCCC3)cc2)c1. The standard InChI is InChI=1S/C24H33N3O3S/c1-18-8-9-19(2)22(16-18)31(29,30)26-21-12-10-20(11-13-21)23(28)25-17-24(3,4)27-14-6-5-7-15-27/h8-13,16,26H,5-7,14-15,17H2,1-4H3,(H,25,28). The Morgan fingerprint density at radius 2 is 1.65 bits per heavy atom. The van der Waals surface area contributed by atoms with Crippen LogP contribution in [-0.4, -0.2) is 44.4 Å². The maximum absolute atomic E-state index is 12.8. The zero-order valence-corrected chi connectivity index (χ0v) is 19.7. The molecular weight excluding hydrogens is 410 g/mol. The van der Waals surface area contributed by atoms with E-state index in [1.807, 2.05) is 13.0 Å². The van der Waals surface area contributed by atoms with Gasteiger partial charge in [0.2, 0.25) is 0 Å². The van der Waals surface area contributed by atoms with Crippen LogP contribution in [0.3, 0.4) is 0 Å². The van der Waals surface area contributed by atoms with Gasteiger partial charge in [0.15, 0.2) is 0 Å². The van der Waals surface area contributed by atoms with Gasteiger partial charge in [0, 0.05) is 23.3 Å². The van der Waals surface area contributed by atoms with Gasteiger partial charge >= 0.3 is 0 Å². The average molecular weight is 444 g/mol. The van der Waals surface area contributed by atoms with Gasteiger partial charge in [-0.2, -0.15) is 0 Å². The highest BCUT2D eigenvalue weighted by molar-refractivity contribution is 7.92. The van der Waals surface area contributed by atoms with Crippen LogP contribution in [0.5, 0.6) is 0 Å². The highest BCUT2D eigenvalue weighted by atomic mass is 32.2. The molecule has 1 amide bonds. The lowest BCUT2D eigenvalue weighted by Crippen LogP contribution is -2.53. The Morgan fingerprint density at radius 1 is 1.00 bits per heavy atom. The number of carbonyl (C=O) groups is 1. The fourth-order valence-electron chi connectivity index (χ4n) is 3.91. The van der Waals surface area contributed by atoms with Crippen molar-refractivity contribution in [1.82, 2.24) is 10.2 Å². The molecule has 7 heteroatoms. The Morgan fingerprint density at radius 3 is 2.29 bits per heavy atom. The fraction of sp³-hybridized carbons (Fsp3) is 0.458. The van der Waals surface area contributed by atoms with Crippen LogP contribution in [-0.2, 0) is 10.0 Å². The molecule has 0 atom stereocenters. The zero-order valence-electron chi connectivity index (χ0n) is 18.9. The van der Waals surface area contributed by atoms with Crippen molar-refractivity contribution >= 4 is 21.6 Å². The van der Waals surface area contributed by atoms with E-state index in [0.717, 1.165) is 18.7 Å². The summed E-state index contributed by atoms with van der Waals surface area (Å²) in [6.45, 7) is 10.6. The van der Waals surface area contributed by atoms with Crippen LogP contribution in [0.25, 0.3) is 0 Å². The molecule has 0 aromatic heterocycles. The molecule has 0 unspecified atom stereocenters. The van der Waals surface area contributed by atoms with Crippen LogP contribution in [0.15, 0.2) is 47.4 Å². The molecule has 2 N–H and O–H groups in total. The Balaban J connectivity index is 1.63. The smallest absolute Gasteiger partial charge is 0.262 e. The van der Waals surface area contributed by atoms with Crippen LogP contribution in [0.4, 0.5) is 5.69 Å². The van der Waals surface area contributed by atoms with Crippen molar-refractivity contribution in [2.24, 2.45) is 0 Å². The number of hydrogen-bond acceptors (Lipinski definition) is 4. The van der Waals surface area contributed by atoms with Crippen molar-refractivity contribution in [1.29, 1.82) is 0 Å². The zero-order chi connectivity index (χ0) is 22.6. The number of nitrogens with zero attached hydrogens (tertiary/aromatic N) is 1. The van der Waals surface area contributed by atoms with Crippen molar-refractivity contribution in [3.05, 3.63) is 59.2 Å². The number of piperidine rings is 1. The Bertz CT molecular complexity index is 1020. The van der Waals surface area contributed by atoms with Crippen LogP contribution >= 0.6 is 0 Å². The molecule has 3 rings (SSSR count). The fourth-order valence-corrected chi connectivity index (χ4v) is 5.30. The van der Waals surface area contributed by atoms with E-state index in [0.29, 0.717) is 23.4 Å². The number of hydrogen-bond donors (Lipinski definition) is 2. The Hall–Kier alpha value is -2.38. The van der Waals surface area contributed by atoms with Crippen LogP contribution in [0.1, 0.15) is 54.6 Å². The number of sulfonamides is 1. The molecule has 0 radical (unpaired) electrons. The van der Waals surface area contributed by atoms with E-state index in [2.05, 4.69) is 28.8 Å². The first kappa shape index (κ1) is 23.3. The molecule has 31 heavy (non-hydrogen) atoms. The molecule has 1 aliphatic heterocycles. The number of likely N-dealkylation sites (tertiary alicyclic amines) is 1. The Labute approximate surface area is 186 Å². The van der Waals surface area contributed by atoms with E-state index < -0.39 is 10.0 Å². The third-order valence-corrected chi connectivity index (χ3v) is 7.45. The molecule has 1 fully saturated rings. The van der Waals surface area contributed by atoms with E-state index in [1.165, 1.54) is 19.3 Å². The molecule has 0 spiro atoms. The number of carbonyl (C=O) groups excluding carboxylic acids is 1. The molecule has 0 aliphatic carbocycles. The van der Waals surface area contributed by atoms with Gasteiger partial charge in [-0.1, -0.05) is 18.6 Å². The maximum atomic E-state index is 12.8. The van der Waals surface area contributed by atoms with E-state index >= 15 is 0 Å². The maximum Gasteiger partial charge on any atom is 0.262 e. The molecule has 1 saturated heterocycles. The summed E-state index contributed by atoms with van der Waals surface area (Å²) in [7, 11) is -3.70. The van der Waals surface area contributed by atoms with Crippen molar-refractivity contribution in [3.8, 4) is 0 Å². The molecule has 1 aliphatic rings. The van der Waals surface area contributed by atoms with Gasteiger partial charge in [-0.05, 0) is 95.1 Å². The Kier molecular flexibility index (Phi) is 7.06. The summed E-state index contributed by atoms with van der Waals surface area (Å²) in [5.74, 6) is -0.158. The van der Waals surface area contributed by atoms with Crippen molar-refractivity contribution in [2.75, 3.05) is 24.4 Å². The second-order valence-corrected chi connectivity index (χ2v) is 10.6. The number of nitrogens with one attached hydrogen (secondary N) is 2. The molecular formula is C24H33N3O3S. The molecule has 168 valence electrons. The normalized spacial score (nSPS) is 15.5. The van der Waals surface area contributed by atoms with E-state index in [1.54, 1.807) is 43.3 Å². The summed E-state index contributed by atoms with van der Waals surface area (Å²) in [5, 5.41) is 3.02. The monoisotopic (exact) mass is 443 g/mol. The summed E-state index contributed by atoms with van der Waals surface area (Å²) in [6.07, 6.45) is 3.69. The molecule has 6 nitrogen and oxygen atoms in total. The molecule has 2 aromatic carbocycles. The summed E-state index contributed by atoms with van der Waals surface area (Å²) in [5.41, 5.74) is 2.39. The highest BCUT2D eigenvalue weighted by Crippen LogP contribution is 2.22. The van der Waals surface area contributed by atoms with Gasteiger partial charge in [-0.3, -0.25) is 14.4 Å². The largest absolute Gasteiger partial charge is 0.350 e. The van der Waals surface area contributed by atoms with Crippen LogP contribution in [0, 0.1) is 13.8 Å². The number of amides is 1. The number of aryl methyl sites for hydroxylation is 2. The predicted octanol–water partition coefficient (Wildman–Crippen LogP) is 4.10. The lowest BCUT2D eigenvalue weighted by Gasteiger charge is -2.41. The summed E-state index contributed by atoms with van der Waals surface area (Å²) in [4.78, 5) is 15.3. The second-order valence-electron chi connectivity index (χ2n) is 8.99. The number of anilines is 1. The summed E-state index contributed by atoms with van der Waals surface area (Å²) >= 11 is 0. The third kappa shape index (κ3) is 5.86. The minimum Gasteiger partial charge on any atom is -0.350 e. The van der Waals surface area contributed by atoms with E-state index in [9.17, 15) is 13.2 Å². The van der Waals surface area contributed by atoms with E-state index in [4.69, 9.17) is 0 Å². The lowest BCUT2D eigenvalue weighted by atomic mass is 9.98. The van der Waals surface area contributed by atoms with Crippen molar-refractivity contribution in [2.45, 2.75) is 57.4 Å². The quantitative estimate of drug-likeness (QED) is 0.675. The van der Waals surface area contributed by atoms with Gasteiger partial charge in [-0.25, -0.2) is 8.42 Å². The first-order chi connectivity index (χ1) is 14.6. The summed E-state index contributed by atoms with van der Waals surface area (Å²) in [6, 6.07) is 11.9. The van der Waals surface area contributed by atoms with Gasteiger partial charge < -0.3 is 5.32 Å². The first-order valence-electron chi connectivity index (χ1n) is 10.8. The minimum atomic E-state index is -3.70. The lowest BCUT2D eigenvalue weighted by molar-refractivity contribution is 0.0797. The van der Waals surface area contributed by atoms with Crippen molar-refractivity contribution in [3.63, 3.8) is 0 Å². The topological polar surface area (TPSA) is 78.5 Å². The first-order valence-corrected chi connectivity index (χ1v) is 12.3. The van der Waals surface area contributed by atoms with Crippen molar-refractivity contribution < 1.29 is 13.2 Å². The highest BCUT2D eigenvalue weighted by Gasteiger charge is 2.28. The molecule has 2 aromatic rings. The average Bonchev–Trinajstić information content (AvgIpc) is 2.74. The van der Waals surface area contributed by atoms with Gasteiger partial charge in [0.1, 0.15) is 0 Å². The van der Waals surface area contributed by atoms with E-state index in [-0.39, 0.29) is 16.3 Å². The minimum absolute atomic E-state index is 0.0999. The summed E-state index contributed by atoms with van der Waals surface area (Å²) < 4.78 is 28.1. The number of benzene rings is 2. The molecule has 0 bridgehead atoms. The second kappa shape index (κ2) is 9.40.